The van der Waals surface area contributed by atoms with Crippen LogP contribution in [0.2, 0.25) is 0 Å². The van der Waals surface area contributed by atoms with Crippen LogP contribution in [-0.4, -0.2) is 73.4 Å². The summed E-state index contributed by atoms with van der Waals surface area (Å²) in [5, 5.41) is 0. The predicted octanol–water partition coefficient (Wildman–Crippen LogP) is 1.51. The van der Waals surface area contributed by atoms with Crippen LogP contribution >= 0.6 is 0 Å². The second-order valence-electron chi connectivity index (χ2n) is 9.52. The molecule has 0 spiro atoms. The molecule has 0 aromatic carbocycles. The van der Waals surface area contributed by atoms with Crippen molar-refractivity contribution in [3.8, 4) is 0 Å². The standard InChI is InChI=1S/C21H30N6O4/c1-11(2)26(13-5-12(6-13)8-28)7-14-16-17(31-21(3,4)30-16)20(29-14)27-10-25-15-18(22)23-9-24-19(15)27/h8-14,16-17,20H,5-7H2,1-4H3,(H2,22,23,24)/t12?,13?,14-,16-,17?,20+/m1/s1. The number of fused-ring (bicyclic) bond motifs is 2. The van der Waals surface area contributed by atoms with Gasteiger partial charge in [0.1, 0.15) is 36.4 Å². The molecule has 1 aliphatic carbocycles. The van der Waals surface area contributed by atoms with Gasteiger partial charge in [-0.15, -0.1) is 0 Å². The second kappa shape index (κ2) is 7.47. The van der Waals surface area contributed by atoms with E-state index in [4.69, 9.17) is 19.9 Å². The number of nitrogen functional groups attached to an aromatic ring is 1. The number of rotatable bonds is 6. The molecule has 5 rings (SSSR count). The number of hydrogen-bond donors (Lipinski definition) is 1. The molecule has 168 valence electrons. The highest BCUT2D eigenvalue weighted by Gasteiger charge is 2.56. The summed E-state index contributed by atoms with van der Waals surface area (Å²) in [6.45, 7) is 8.90. The first-order chi connectivity index (χ1) is 14.8. The summed E-state index contributed by atoms with van der Waals surface area (Å²) in [5.74, 6) is -0.204. The van der Waals surface area contributed by atoms with Gasteiger partial charge < -0.3 is 24.7 Å². The predicted molar refractivity (Wildman–Crippen MR) is 112 cm³/mol. The Balaban J connectivity index is 1.42. The van der Waals surface area contributed by atoms with Gasteiger partial charge in [-0.05, 0) is 40.5 Å². The van der Waals surface area contributed by atoms with E-state index in [1.54, 1.807) is 6.33 Å². The van der Waals surface area contributed by atoms with Crippen molar-refractivity contribution >= 4 is 23.3 Å². The third kappa shape index (κ3) is 3.51. The number of anilines is 1. The number of aromatic nitrogens is 4. The maximum absolute atomic E-state index is 11.1. The lowest BCUT2D eigenvalue weighted by molar-refractivity contribution is -0.199. The Hall–Kier alpha value is -2.14. The van der Waals surface area contributed by atoms with E-state index in [-0.39, 0.29) is 24.2 Å². The molecule has 2 aromatic rings. The molecule has 2 saturated heterocycles. The molecule has 0 amide bonds. The lowest BCUT2D eigenvalue weighted by atomic mass is 9.79. The van der Waals surface area contributed by atoms with Gasteiger partial charge in [0, 0.05) is 24.5 Å². The molecular formula is C21H30N6O4. The van der Waals surface area contributed by atoms with Gasteiger partial charge in [0.2, 0.25) is 0 Å². The highest BCUT2D eigenvalue weighted by atomic mass is 16.8. The molecule has 10 nitrogen and oxygen atoms in total. The minimum absolute atomic E-state index is 0.170. The van der Waals surface area contributed by atoms with E-state index in [9.17, 15) is 4.79 Å². The fourth-order valence-electron chi connectivity index (χ4n) is 5.09. The van der Waals surface area contributed by atoms with Crippen molar-refractivity contribution in [1.29, 1.82) is 0 Å². The highest BCUT2D eigenvalue weighted by molar-refractivity contribution is 5.81. The minimum Gasteiger partial charge on any atom is -0.382 e. The summed E-state index contributed by atoms with van der Waals surface area (Å²) in [7, 11) is 0. The zero-order valence-corrected chi connectivity index (χ0v) is 18.3. The van der Waals surface area contributed by atoms with Crippen molar-refractivity contribution < 1.29 is 19.0 Å². The van der Waals surface area contributed by atoms with Crippen LogP contribution in [0.25, 0.3) is 11.2 Å². The summed E-state index contributed by atoms with van der Waals surface area (Å²) < 4.78 is 20.9. The van der Waals surface area contributed by atoms with Gasteiger partial charge in [0.15, 0.2) is 23.5 Å². The lowest BCUT2D eigenvalue weighted by Gasteiger charge is -2.44. The van der Waals surface area contributed by atoms with E-state index < -0.39 is 12.0 Å². The Bertz CT molecular complexity index is 972. The summed E-state index contributed by atoms with van der Waals surface area (Å²) >= 11 is 0. The summed E-state index contributed by atoms with van der Waals surface area (Å²) in [6.07, 6.45) is 4.83. The van der Waals surface area contributed by atoms with Crippen LogP contribution in [0.3, 0.4) is 0 Å². The van der Waals surface area contributed by atoms with E-state index in [0.29, 0.717) is 35.6 Å². The molecule has 3 aliphatic rings. The van der Waals surface area contributed by atoms with Crippen LogP contribution in [0.1, 0.15) is 46.8 Å². The fraction of sp³-hybridized carbons (Fsp3) is 0.714. The number of imidazole rings is 1. The zero-order chi connectivity index (χ0) is 21.9. The first kappa shape index (κ1) is 20.7. The van der Waals surface area contributed by atoms with Gasteiger partial charge in [0.25, 0.3) is 0 Å². The minimum atomic E-state index is -0.707. The molecule has 2 N–H and O–H groups in total. The van der Waals surface area contributed by atoms with E-state index in [1.165, 1.54) is 6.33 Å². The molecule has 10 heteroatoms. The van der Waals surface area contributed by atoms with Crippen molar-refractivity contribution in [3.63, 3.8) is 0 Å². The van der Waals surface area contributed by atoms with Gasteiger partial charge in [-0.25, -0.2) is 15.0 Å². The van der Waals surface area contributed by atoms with Crippen molar-refractivity contribution in [3.05, 3.63) is 12.7 Å². The van der Waals surface area contributed by atoms with E-state index in [2.05, 4.69) is 33.7 Å². The Morgan fingerprint density at radius 1 is 1.26 bits per heavy atom. The largest absolute Gasteiger partial charge is 0.382 e. The Morgan fingerprint density at radius 2 is 2.00 bits per heavy atom. The van der Waals surface area contributed by atoms with E-state index >= 15 is 0 Å². The first-order valence-electron chi connectivity index (χ1n) is 10.9. The second-order valence-corrected chi connectivity index (χ2v) is 9.52. The van der Waals surface area contributed by atoms with Crippen molar-refractivity contribution in [1.82, 2.24) is 24.4 Å². The van der Waals surface area contributed by atoms with Gasteiger partial charge in [-0.2, -0.15) is 0 Å². The summed E-state index contributed by atoms with van der Waals surface area (Å²) in [6, 6.07) is 0.712. The van der Waals surface area contributed by atoms with E-state index in [1.807, 2.05) is 18.4 Å². The molecule has 3 fully saturated rings. The van der Waals surface area contributed by atoms with E-state index in [0.717, 1.165) is 19.1 Å². The fourth-order valence-corrected chi connectivity index (χ4v) is 5.09. The van der Waals surface area contributed by atoms with Crippen LogP contribution in [0.5, 0.6) is 0 Å². The van der Waals surface area contributed by atoms with Gasteiger partial charge in [0.05, 0.1) is 6.33 Å². The Labute approximate surface area is 181 Å². The zero-order valence-electron chi connectivity index (χ0n) is 18.3. The molecular weight excluding hydrogens is 400 g/mol. The number of ether oxygens (including phenoxy) is 3. The van der Waals surface area contributed by atoms with Crippen LogP contribution in [0.15, 0.2) is 12.7 Å². The number of nitrogens with two attached hydrogens (primary N) is 1. The van der Waals surface area contributed by atoms with Crippen molar-refractivity contribution in [2.75, 3.05) is 12.3 Å². The summed E-state index contributed by atoms with van der Waals surface area (Å²) in [4.78, 5) is 26.3. The van der Waals surface area contributed by atoms with Crippen LogP contribution in [-0.2, 0) is 19.0 Å². The molecule has 0 bridgehead atoms. The topological polar surface area (TPSA) is 118 Å². The van der Waals surface area contributed by atoms with Crippen LogP contribution in [0.4, 0.5) is 5.82 Å². The Kier molecular flexibility index (Phi) is 5.00. The first-order valence-corrected chi connectivity index (χ1v) is 10.9. The molecule has 4 atom stereocenters. The summed E-state index contributed by atoms with van der Waals surface area (Å²) in [5.41, 5.74) is 7.12. The third-order valence-corrected chi connectivity index (χ3v) is 6.65. The number of aldehydes is 1. The lowest BCUT2D eigenvalue weighted by Crippen LogP contribution is -2.52. The molecule has 2 aromatic heterocycles. The molecule has 1 saturated carbocycles. The van der Waals surface area contributed by atoms with Gasteiger partial charge in [-0.1, -0.05) is 0 Å². The number of hydrogen-bond acceptors (Lipinski definition) is 9. The Morgan fingerprint density at radius 3 is 2.71 bits per heavy atom. The SMILES string of the molecule is CC(C)N(C[C@H]1O[C@H](n2cnc3c(N)ncnc32)C2OC(C)(C)O[C@@H]21)C1CC(C=O)C1. The molecule has 2 aliphatic heterocycles. The normalized spacial score (nSPS) is 34.4. The van der Waals surface area contributed by atoms with Gasteiger partial charge in [-0.3, -0.25) is 9.47 Å². The smallest absolute Gasteiger partial charge is 0.167 e. The number of carbonyl (C=O) groups excluding carboxylic acids is 1. The molecule has 0 radical (unpaired) electrons. The molecule has 1 unspecified atom stereocenters. The highest BCUT2D eigenvalue weighted by Crippen LogP contribution is 2.44. The monoisotopic (exact) mass is 430 g/mol. The van der Waals surface area contributed by atoms with Crippen molar-refractivity contribution in [2.24, 2.45) is 5.92 Å². The number of carbonyl (C=O) groups is 1. The molecule has 31 heavy (non-hydrogen) atoms. The molecule has 4 heterocycles. The maximum Gasteiger partial charge on any atom is 0.167 e. The average Bonchev–Trinajstić information content (AvgIpc) is 3.32. The van der Waals surface area contributed by atoms with Crippen LogP contribution in [0, 0.1) is 5.92 Å². The van der Waals surface area contributed by atoms with Gasteiger partial charge >= 0.3 is 0 Å². The average molecular weight is 431 g/mol. The number of nitrogens with zero attached hydrogens (tertiary/aromatic N) is 5. The van der Waals surface area contributed by atoms with Crippen molar-refractivity contribution in [2.45, 2.75) is 82.9 Å². The third-order valence-electron chi connectivity index (χ3n) is 6.65. The maximum atomic E-state index is 11.1. The quantitative estimate of drug-likeness (QED) is 0.680. The van der Waals surface area contributed by atoms with Crippen LogP contribution < -0.4 is 5.73 Å².